The van der Waals surface area contributed by atoms with Crippen LogP contribution in [0.5, 0.6) is 0 Å². The van der Waals surface area contributed by atoms with Crippen LogP contribution in [0.15, 0.2) is 36.0 Å². The molecule has 0 radical (unpaired) electrons. The van der Waals surface area contributed by atoms with E-state index in [-0.39, 0.29) is 51.0 Å². The number of hydrogen-bond acceptors (Lipinski definition) is 0. The first-order valence-electron chi connectivity index (χ1n) is 5.10. The van der Waals surface area contributed by atoms with Crippen LogP contribution < -0.4 is 24.8 Å². The summed E-state index contributed by atoms with van der Waals surface area (Å²) in [5.74, 6) is 0. The van der Waals surface area contributed by atoms with Gasteiger partial charge in [0, 0.05) is 0 Å². The van der Waals surface area contributed by atoms with E-state index in [4.69, 9.17) is 0 Å². The van der Waals surface area contributed by atoms with Crippen molar-refractivity contribution in [2.45, 2.75) is 33.6 Å². The van der Waals surface area contributed by atoms with Gasteiger partial charge in [0.25, 0.3) is 0 Å². The first-order valence-corrected chi connectivity index (χ1v) is 5.10. The Morgan fingerprint density at radius 3 is 1.88 bits per heavy atom. The van der Waals surface area contributed by atoms with Gasteiger partial charge in [-0.25, -0.2) is 23.8 Å². The molecule has 2 aliphatic carbocycles. The zero-order valence-corrected chi connectivity index (χ0v) is 14.5. The summed E-state index contributed by atoms with van der Waals surface area (Å²) in [7, 11) is 0. The third-order valence-corrected chi connectivity index (χ3v) is 2.09. The smallest absolute Gasteiger partial charge is 1.00 e. The van der Waals surface area contributed by atoms with E-state index in [0.717, 1.165) is 12.8 Å². The van der Waals surface area contributed by atoms with Crippen molar-refractivity contribution < 1.29 is 51.0 Å². The van der Waals surface area contributed by atoms with Gasteiger partial charge in [-0.2, -0.15) is 12.2 Å². The first kappa shape index (κ1) is 22.6. The maximum atomic E-state index is 3.30. The second-order valence-corrected chi connectivity index (χ2v) is 4.45. The molecule has 0 aliphatic heterocycles. The average Bonchev–Trinajstić information content (AvgIpc) is 2.80. The van der Waals surface area contributed by atoms with Gasteiger partial charge < -0.3 is 24.8 Å². The first-order chi connectivity index (χ1) is 6.61. The zero-order valence-electron chi connectivity index (χ0n) is 10.6. The SMILES string of the molecule is CC(C)(C)C1=[C-]CC=C1.[C-]1=CC=CC1.[Cl-].[Cl-].[Zr+4]. The van der Waals surface area contributed by atoms with Crippen molar-refractivity contribution in [1.29, 1.82) is 0 Å². The van der Waals surface area contributed by atoms with E-state index in [1.54, 1.807) is 0 Å². The quantitative estimate of drug-likeness (QED) is 0.446. The fourth-order valence-electron chi connectivity index (χ4n) is 1.26. The Labute approximate surface area is 137 Å². The van der Waals surface area contributed by atoms with Gasteiger partial charge in [0.1, 0.15) is 0 Å². The minimum atomic E-state index is 0. The Kier molecular flexibility index (Phi) is 15.3. The van der Waals surface area contributed by atoms with Gasteiger partial charge in [0.05, 0.1) is 0 Å². The molecule has 92 valence electrons. The fraction of sp³-hybridized carbons (Fsp3) is 0.429. The summed E-state index contributed by atoms with van der Waals surface area (Å²) in [5, 5.41) is 0. The molecule has 0 bridgehead atoms. The van der Waals surface area contributed by atoms with Gasteiger partial charge in [0.15, 0.2) is 0 Å². The minimum Gasteiger partial charge on any atom is -1.00 e. The normalized spacial score (nSPS) is 14.9. The number of allylic oxidation sites excluding steroid dienone is 8. The summed E-state index contributed by atoms with van der Waals surface area (Å²) in [4.78, 5) is 0. The van der Waals surface area contributed by atoms with Crippen molar-refractivity contribution in [1.82, 2.24) is 0 Å². The Bertz CT molecular complexity index is 284. The Balaban J connectivity index is -0.000000216. The predicted molar refractivity (Wildman–Crippen MR) is 61.5 cm³/mol. The molecule has 0 saturated carbocycles. The Hall–Kier alpha value is 0.423. The minimum absolute atomic E-state index is 0. The fourth-order valence-corrected chi connectivity index (χ4v) is 1.26. The van der Waals surface area contributed by atoms with Gasteiger partial charge in [-0.1, -0.05) is 20.8 Å². The van der Waals surface area contributed by atoms with Crippen LogP contribution in [0, 0.1) is 17.6 Å². The third-order valence-electron chi connectivity index (χ3n) is 2.09. The number of rotatable bonds is 0. The van der Waals surface area contributed by atoms with Crippen molar-refractivity contribution in [3.8, 4) is 0 Å². The van der Waals surface area contributed by atoms with E-state index >= 15 is 0 Å². The molecule has 3 heteroatoms. The summed E-state index contributed by atoms with van der Waals surface area (Å²) < 4.78 is 0. The van der Waals surface area contributed by atoms with Crippen LogP contribution in [0.2, 0.25) is 0 Å². The van der Waals surface area contributed by atoms with Gasteiger partial charge in [0.2, 0.25) is 0 Å². The molecule has 0 aromatic heterocycles. The molecule has 17 heavy (non-hydrogen) atoms. The van der Waals surface area contributed by atoms with Crippen LogP contribution in [0.25, 0.3) is 0 Å². The average molecular weight is 348 g/mol. The van der Waals surface area contributed by atoms with Gasteiger partial charge in [-0.15, -0.1) is 12.8 Å². The Morgan fingerprint density at radius 2 is 1.71 bits per heavy atom. The van der Waals surface area contributed by atoms with Gasteiger partial charge >= 0.3 is 26.2 Å². The molecule has 0 spiro atoms. The molecular weight excluding hydrogens is 330 g/mol. The monoisotopic (exact) mass is 346 g/mol. The summed E-state index contributed by atoms with van der Waals surface area (Å²) >= 11 is 0. The molecule has 0 nitrogen and oxygen atoms in total. The van der Waals surface area contributed by atoms with E-state index in [2.05, 4.69) is 51.2 Å². The molecule has 0 amide bonds. The third kappa shape index (κ3) is 10.1. The molecule has 0 atom stereocenters. The molecule has 0 fully saturated rings. The zero-order chi connectivity index (χ0) is 10.4. The molecule has 0 aromatic carbocycles. The van der Waals surface area contributed by atoms with E-state index in [1.807, 2.05) is 12.2 Å². The molecule has 0 N–H and O–H groups in total. The molecule has 0 saturated heterocycles. The molecule has 2 aliphatic rings. The summed E-state index contributed by atoms with van der Waals surface area (Å²) in [6.07, 6.45) is 18.6. The molecule has 0 unspecified atom stereocenters. The predicted octanol–water partition coefficient (Wildman–Crippen LogP) is -1.97. The summed E-state index contributed by atoms with van der Waals surface area (Å²) in [5.41, 5.74) is 1.65. The van der Waals surface area contributed by atoms with E-state index in [0.29, 0.717) is 5.41 Å². The van der Waals surface area contributed by atoms with Crippen LogP contribution >= 0.6 is 0 Å². The largest absolute Gasteiger partial charge is 4.00 e. The molecule has 0 heterocycles. The topological polar surface area (TPSA) is 0 Å². The van der Waals surface area contributed by atoms with E-state index < -0.39 is 0 Å². The van der Waals surface area contributed by atoms with Gasteiger partial charge in [-0.3, -0.25) is 12.2 Å². The van der Waals surface area contributed by atoms with Crippen molar-refractivity contribution in [2.75, 3.05) is 0 Å². The van der Waals surface area contributed by atoms with Crippen LogP contribution in [-0.4, -0.2) is 0 Å². The molecule has 2 rings (SSSR count). The van der Waals surface area contributed by atoms with Crippen molar-refractivity contribution >= 4 is 0 Å². The second kappa shape index (κ2) is 11.5. The number of hydrogen-bond donors (Lipinski definition) is 0. The van der Waals surface area contributed by atoms with Crippen molar-refractivity contribution in [3.05, 3.63) is 48.1 Å². The van der Waals surface area contributed by atoms with Gasteiger partial charge in [-0.05, 0) is 5.41 Å². The van der Waals surface area contributed by atoms with E-state index in [9.17, 15) is 0 Å². The molecular formula is C14H18Cl2Zr. The standard InChI is InChI=1S/C9H13.C5H5.2ClH.Zr/c1-9(2,3)8-6-4-5-7-8;1-2-4-5-3-1;;;/h4,6H,5H2,1-3H3;1-3H,4H2;2*1H;/q2*-1;;;+4/p-2. The second-order valence-electron chi connectivity index (χ2n) is 4.45. The Morgan fingerprint density at radius 1 is 1.06 bits per heavy atom. The van der Waals surface area contributed by atoms with Crippen LogP contribution in [0.3, 0.4) is 0 Å². The maximum Gasteiger partial charge on any atom is 4.00 e. The molecule has 0 aromatic rings. The van der Waals surface area contributed by atoms with Crippen molar-refractivity contribution in [3.63, 3.8) is 0 Å². The van der Waals surface area contributed by atoms with Crippen molar-refractivity contribution in [2.24, 2.45) is 5.41 Å². The van der Waals surface area contributed by atoms with Crippen LogP contribution in [0.4, 0.5) is 0 Å². The summed E-state index contributed by atoms with van der Waals surface area (Å²) in [6, 6.07) is 0. The van der Waals surface area contributed by atoms with E-state index in [1.165, 1.54) is 5.57 Å². The number of halogens is 2. The van der Waals surface area contributed by atoms with Crippen LogP contribution in [0.1, 0.15) is 33.6 Å². The maximum absolute atomic E-state index is 3.30. The van der Waals surface area contributed by atoms with Crippen LogP contribution in [-0.2, 0) is 26.2 Å². The summed E-state index contributed by atoms with van der Waals surface area (Å²) in [6.45, 7) is 6.64.